The van der Waals surface area contributed by atoms with Gasteiger partial charge in [0.15, 0.2) is 0 Å². The number of thiophene rings is 1. The minimum atomic E-state index is -0.571. The zero-order valence-corrected chi connectivity index (χ0v) is 14.5. The third-order valence-electron chi connectivity index (χ3n) is 4.10. The number of primary amides is 1. The van der Waals surface area contributed by atoms with E-state index < -0.39 is 5.91 Å². The molecule has 0 unspecified atom stereocenters. The first-order chi connectivity index (χ1) is 12.6. The van der Waals surface area contributed by atoms with Crippen molar-refractivity contribution in [2.24, 2.45) is 5.73 Å². The smallest absolute Gasteiger partial charge is 0.256 e. The Kier molecular flexibility index (Phi) is 4.02. The third kappa shape index (κ3) is 2.98. The highest BCUT2D eigenvalue weighted by Gasteiger charge is 2.17. The molecule has 0 aliphatic carbocycles. The highest BCUT2D eigenvalue weighted by molar-refractivity contribution is 7.20. The molecule has 0 saturated carbocycles. The molecule has 4 rings (SSSR count). The first-order valence-corrected chi connectivity index (χ1v) is 8.81. The van der Waals surface area contributed by atoms with E-state index in [0.29, 0.717) is 16.1 Å². The van der Waals surface area contributed by atoms with Gasteiger partial charge < -0.3 is 16.0 Å². The Morgan fingerprint density at radius 1 is 1.00 bits per heavy atom. The molecule has 26 heavy (non-hydrogen) atoms. The van der Waals surface area contributed by atoms with Gasteiger partial charge in [-0.2, -0.15) is 0 Å². The number of anilines is 1. The SMILES string of the molecule is NC(=O)c1cc(-c2ccccc2)sc1NC(=O)c1ccc2cc[nH]c2c1. The van der Waals surface area contributed by atoms with Crippen LogP contribution in [0, 0.1) is 0 Å². The summed E-state index contributed by atoms with van der Waals surface area (Å²) in [7, 11) is 0. The molecule has 0 radical (unpaired) electrons. The summed E-state index contributed by atoms with van der Waals surface area (Å²) in [6.45, 7) is 0. The molecule has 0 bridgehead atoms. The minimum absolute atomic E-state index is 0.287. The molecule has 2 aromatic carbocycles. The van der Waals surface area contributed by atoms with Crippen molar-refractivity contribution in [3.05, 3.63) is 78.0 Å². The number of nitrogens with one attached hydrogen (secondary N) is 2. The summed E-state index contributed by atoms with van der Waals surface area (Å²) in [5.41, 5.74) is 8.15. The van der Waals surface area contributed by atoms with Crippen LogP contribution < -0.4 is 11.1 Å². The second kappa shape index (κ2) is 6.50. The lowest BCUT2D eigenvalue weighted by molar-refractivity contribution is 0.100. The number of nitrogens with two attached hydrogens (primary N) is 1. The largest absolute Gasteiger partial charge is 0.366 e. The van der Waals surface area contributed by atoms with E-state index in [1.165, 1.54) is 11.3 Å². The topological polar surface area (TPSA) is 88.0 Å². The van der Waals surface area contributed by atoms with Crippen LogP contribution in [0.3, 0.4) is 0 Å². The van der Waals surface area contributed by atoms with Gasteiger partial charge in [0.25, 0.3) is 11.8 Å². The van der Waals surface area contributed by atoms with Gasteiger partial charge in [-0.05, 0) is 35.2 Å². The predicted molar refractivity (Wildman–Crippen MR) is 105 cm³/mol. The minimum Gasteiger partial charge on any atom is -0.366 e. The van der Waals surface area contributed by atoms with E-state index in [0.717, 1.165) is 21.3 Å². The maximum atomic E-state index is 12.6. The maximum absolute atomic E-state index is 12.6. The van der Waals surface area contributed by atoms with Gasteiger partial charge in [0.1, 0.15) is 5.00 Å². The van der Waals surface area contributed by atoms with Crippen LogP contribution in [0.25, 0.3) is 21.3 Å². The highest BCUT2D eigenvalue weighted by atomic mass is 32.1. The van der Waals surface area contributed by atoms with E-state index in [1.54, 1.807) is 18.2 Å². The molecular weight excluding hydrogens is 346 g/mol. The summed E-state index contributed by atoms with van der Waals surface area (Å²) in [6, 6.07) is 18.7. The third-order valence-corrected chi connectivity index (χ3v) is 5.20. The van der Waals surface area contributed by atoms with E-state index in [2.05, 4.69) is 10.3 Å². The lowest BCUT2D eigenvalue weighted by atomic mass is 10.1. The van der Waals surface area contributed by atoms with E-state index in [1.807, 2.05) is 48.7 Å². The Morgan fingerprint density at radius 2 is 1.81 bits per heavy atom. The first kappa shape index (κ1) is 16.1. The highest BCUT2D eigenvalue weighted by Crippen LogP contribution is 2.35. The van der Waals surface area contributed by atoms with Gasteiger partial charge in [0, 0.05) is 22.2 Å². The average Bonchev–Trinajstić information content (AvgIpc) is 3.28. The van der Waals surface area contributed by atoms with E-state index in [-0.39, 0.29) is 5.91 Å². The summed E-state index contributed by atoms with van der Waals surface area (Å²) in [6.07, 6.45) is 1.82. The molecule has 6 heteroatoms. The molecule has 2 amide bonds. The monoisotopic (exact) mass is 361 g/mol. The average molecular weight is 361 g/mol. The van der Waals surface area contributed by atoms with E-state index in [4.69, 9.17) is 5.73 Å². The van der Waals surface area contributed by atoms with Gasteiger partial charge in [-0.3, -0.25) is 9.59 Å². The van der Waals surface area contributed by atoms with Crippen molar-refractivity contribution < 1.29 is 9.59 Å². The molecule has 128 valence electrons. The zero-order chi connectivity index (χ0) is 18.1. The number of hydrogen-bond donors (Lipinski definition) is 3. The van der Waals surface area contributed by atoms with Crippen LogP contribution in [0.15, 0.2) is 66.9 Å². The fraction of sp³-hybridized carbons (Fsp3) is 0. The number of H-pyrrole nitrogens is 1. The fourth-order valence-corrected chi connectivity index (χ4v) is 3.84. The Labute approximate surface area is 153 Å². The van der Waals surface area contributed by atoms with E-state index in [9.17, 15) is 9.59 Å². The first-order valence-electron chi connectivity index (χ1n) is 7.99. The van der Waals surface area contributed by atoms with Crippen LogP contribution in [0.1, 0.15) is 20.7 Å². The normalized spacial score (nSPS) is 10.8. The number of carbonyl (C=O) groups excluding carboxylic acids is 2. The number of aromatic nitrogens is 1. The van der Waals surface area contributed by atoms with Crippen LogP contribution in [0.2, 0.25) is 0 Å². The lowest BCUT2D eigenvalue weighted by Crippen LogP contribution is -2.16. The molecule has 0 fully saturated rings. The van der Waals surface area contributed by atoms with Crippen LogP contribution in [0.5, 0.6) is 0 Å². The zero-order valence-electron chi connectivity index (χ0n) is 13.7. The predicted octanol–water partition coefficient (Wildman–Crippen LogP) is 4.25. The van der Waals surface area contributed by atoms with Crippen molar-refractivity contribution in [1.29, 1.82) is 0 Å². The number of benzene rings is 2. The molecule has 0 aliphatic rings. The molecule has 4 aromatic rings. The van der Waals surface area contributed by atoms with Crippen molar-refractivity contribution in [2.45, 2.75) is 0 Å². The van der Waals surface area contributed by atoms with Gasteiger partial charge in [-0.1, -0.05) is 36.4 Å². The number of rotatable bonds is 4. The molecule has 0 atom stereocenters. The number of aromatic amines is 1. The van der Waals surface area contributed by atoms with Crippen LogP contribution in [-0.4, -0.2) is 16.8 Å². The molecule has 2 heterocycles. The van der Waals surface area contributed by atoms with Crippen molar-refractivity contribution in [3.8, 4) is 10.4 Å². The Hall–Kier alpha value is -3.38. The summed E-state index contributed by atoms with van der Waals surface area (Å²) in [5.74, 6) is -0.857. The van der Waals surface area contributed by atoms with Gasteiger partial charge in [0.2, 0.25) is 0 Å². The molecule has 0 spiro atoms. The van der Waals surface area contributed by atoms with Crippen molar-refractivity contribution >= 4 is 39.1 Å². The van der Waals surface area contributed by atoms with Gasteiger partial charge in [0.05, 0.1) is 5.56 Å². The quantitative estimate of drug-likeness (QED) is 0.507. The summed E-state index contributed by atoms with van der Waals surface area (Å²) in [4.78, 5) is 28.4. The van der Waals surface area contributed by atoms with Crippen molar-refractivity contribution in [1.82, 2.24) is 4.98 Å². The van der Waals surface area contributed by atoms with Crippen LogP contribution in [0.4, 0.5) is 5.00 Å². The van der Waals surface area contributed by atoms with Gasteiger partial charge in [-0.15, -0.1) is 11.3 Å². The summed E-state index contributed by atoms with van der Waals surface area (Å²) in [5, 5.41) is 4.30. The van der Waals surface area contributed by atoms with Gasteiger partial charge in [-0.25, -0.2) is 0 Å². The Morgan fingerprint density at radius 3 is 2.58 bits per heavy atom. The number of carbonyl (C=O) groups is 2. The van der Waals surface area contributed by atoms with Crippen LogP contribution in [-0.2, 0) is 0 Å². The maximum Gasteiger partial charge on any atom is 0.256 e. The Balaban J connectivity index is 1.67. The standard InChI is InChI=1S/C20H15N3O2S/c21-18(24)15-11-17(13-4-2-1-3-5-13)26-20(15)23-19(25)14-7-6-12-8-9-22-16(12)10-14/h1-11,22H,(H2,21,24)(H,23,25). The Bertz CT molecular complexity index is 1110. The number of hydrogen-bond acceptors (Lipinski definition) is 3. The molecule has 2 aromatic heterocycles. The van der Waals surface area contributed by atoms with Gasteiger partial charge >= 0.3 is 0 Å². The van der Waals surface area contributed by atoms with E-state index >= 15 is 0 Å². The molecule has 0 aliphatic heterocycles. The fourth-order valence-electron chi connectivity index (χ4n) is 2.78. The molecule has 5 nitrogen and oxygen atoms in total. The second-order valence-corrected chi connectivity index (χ2v) is 6.87. The van der Waals surface area contributed by atoms with Crippen LogP contribution >= 0.6 is 11.3 Å². The molecule has 0 saturated heterocycles. The van der Waals surface area contributed by atoms with Crippen molar-refractivity contribution in [3.63, 3.8) is 0 Å². The van der Waals surface area contributed by atoms with Crippen molar-refractivity contribution in [2.75, 3.05) is 5.32 Å². The molecular formula is C20H15N3O2S. The lowest BCUT2D eigenvalue weighted by Gasteiger charge is -2.05. The summed E-state index contributed by atoms with van der Waals surface area (Å²) < 4.78 is 0. The number of fused-ring (bicyclic) bond motifs is 1. The molecule has 4 N–H and O–H groups in total. The second-order valence-electron chi connectivity index (χ2n) is 5.82. The number of amides is 2. The summed E-state index contributed by atoms with van der Waals surface area (Å²) >= 11 is 1.33.